The van der Waals surface area contributed by atoms with Crippen molar-refractivity contribution in [3.05, 3.63) is 29.8 Å². The Morgan fingerprint density at radius 2 is 1.82 bits per heavy atom. The van der Waals surface area contributed by atoms with Gasteiger partial charge in [0, 0.05) is 18.6 Å². The summed E-state index contributed by atoms with van der Waals surface area (Å²) in [6, 6.07) is 7.15. The lowest BCUT2D eigenvalue weighted by Crippen LogP contribution is -2.51. The van der Waals surface area contributed by atoms with Crippen LogP contribution in [0.25, 0.3) is 0 Å². The Bertz CT molecular complexity index is 696. The Hall–Kier alpha value is -2.57. The van der Waals surface area contributed by atoms with Gasteiger partial charge in [0.1, 0.15) is 5.75 Å². The lowest BCUT2D eigenvalue weighted by molar-refractivity contribution is -0.162. The van der Waals surface area contributed by atoms with E-state index in [0.29, 0.717) is 11.3 Å². The van der Waals surface area contributed by atoms with Gasteiger partial charge >= 0.3 is 5.97 Å². The number of piperidine rings is 1. The third kappa shape index (κ3) is 5.47. The predicted octanol–water partition coefficient (Wildman–Crippen LogP) is 2.54. The largest absolute Gasteiger partial charge is 0.496 e. The number of para-hydroxylation sites is 1. The van der Waals surface area contributed by atoms with Gasteiger partial charge in [0.15, 0.2) is 6.10 Å². The molecule has 28 heavy (non-hydrogen) atoms. The van der Waals surface area contributed by atoms with Crippen LogP contribution in [0.1, 0.15) is 56.8 Å². The molecule has 1 N–H and O–H groups in total. The quantitative estimate of drug-likeness (QED) is 0.723. The van der Waals surface area contributed by atoms with Gasteiger partial charge in [-0.3, -0.25) is 14.4 Å². The van der Waals surface area contributed by atoms with Crippen LogP contribution in [-0.2, 0) is 14.3 Å². The second kappa shape index (κ2) is 10.1. The van der Waals surface area contributed by atoms with E-state index in [2.05, 4.69) is 5.32 Å². The summed E-state index contributed by atoms with van der Waals surface area (Å²) >= 11 is 0. The molecule has 1 aromatic carbocycles. The highest BCUT2D eigenvalue weighted by molar-refractivity contribution is 5.97. The van der Waals surface area contributed by atoms with Crippen molar-refractivity contribution in [1.29, 1.82) is 0 Å². The molecule has 1 aromatic rings. The van der Waals surface area contributed by atoms with Crippen LogP contribution in [0.2, 0.25) is 0 Å². The highest BCUT2D eigenvalue weighted by atomic mass is 16.5. The summed E-state index contributed by atoms with van der Waals surface area (Å²) < 4.78 is 10.4. The second-order valence-corrected chi connectivity index (χ2v) is 7.21. The van der Waals surface area contributed by atoms with Crippen molar-refractivity contribution in [2.75, 3.05) is 13.7 Å². The minimum atomic E-state index is -0.833. The maximum atomic E-state index is 12.7. The third-order valence-electron chi connectivity index (χ3n) is 5.07. The number of methoxy groups -OCH3 is 1. The molecule has 0 saturated carbocycles. The van der Waals surface area contributed by atoms with Gasteiger partial charge in [-0.2, -0.15) is 0 Å². The summed E-state index contributed by atoms with van der Waals surface area (Å²) in [7, 11) is 1.49. The maximum absolute atomic E-state index is 12.7. The van der Waals surface area contributed by atoms with Crippen molar-refractivity contribution >= 4 is 17.8 Å². The SMILES string of the molecule is COc1ccccc1C(=O)NCCC(=O)O[C@H](C)C(=O)N1[C@@H](C)CCC[C@@H]1C. The molecule has 1 saturated heterocycles. The molecule has 3 atom stereocenters. The molecule has 154 valence electrons. The van der Waals surface area contributed by atoms with Gasteiger partial charge in [-0.05, 0) is 52.2 Å². The second-order valence-electron chi connectivity index (χ2n) is 7.21. The molecule has 0 radical (unpaired) electrons. The van der Waals surface area contributed by atoms with Gasteiger partial charge < -0.3 is 19.7 Å². The van der Waals surface area contributed by atoms with Gasteiger partial charge in [-0.15, -0.1) is 0 Å². The van der Waals surface area contributed by atoms with E-state index < -0.39 is 12.1 Å². The van der Waals surface area contributed by atoms with Gasteiger partial charge in [0.25, 0.3) is 11.8 Å². The van der Waals surface area contributed by atoms with Crippen LogP contribution < -0.4 is 10.1 Å². The summed E-state index contributed by atoms with van der Waals surface area (Å²) in [4.78, 5) is 38.8. The zero-order chi connectivity index (χ0) is 20.7. The molecule has 1 aliphatic heterocycles. The summed E-state index contributed by atoms with van der Waals surface area (Å²) in [6.07, 6.45) is 2.19. The zero-order valence-corrected chi connectivity index (χ0v) is 17.1. The molecule has 2 amide bonds. The van der Waals surface area contributed by atoms with Crippen molar-refractivity contribution < 1.29 is 23.9 Å². The third-order valence-corrected chi connectivity index (χ3v) is 5.07. The number of esters is 1. The van der Waals surface area contributed by atoms with Gasteiger partial charge in [-0.1, -0.05) is 12.1 Å². The number of carbonyl (C=O) groups excluding carboxylic acids is 3. The molecule has 2 rings (SSSR count). The summed E-state index contributed by atoms with van der Waals surface area (Å²) in [6.45, 7) is 5.76. The molecule has 1 aliphatic rings. The fourth-order valence-corrected chi connectivity index (χ4v) is 3.58. The Labute approximate surface area is 166 Å². The van der Waals surface area contributed by atoms with E-state index in [1.165, 1.54) is 7.11 Å². The Balaban J connectivity index is 1.80. The Morgan fingerprint density at radius 3 is 2.46 bits per heavy atom. The van der Waals surface area contributed by atoms with E-state index in [9.17, 15) is 14.4 Å². The lowest BCUT2D eigenvalue weighted by atomic mass is 9.97. The van der Waals surface area contributed by atoms with Crippen LogP contribution in [0.3, 0.4) is 0 Å². The number of rotatable bonds is 7. The smallest absolute Gasteiger partial charge is 0.308 e. The number of hydrogen-bond acceptors (Lipinski definition) is 5. The molecule has 0 aromatic heterocycles. The first kappa shape index (κ1) is 21.7. The average Bonchev–Trinajstić information content (AvgIpc) is 2.67. The number of hydrogen-bond donors (Lipinski definition) is 1. The first-order chi connectivity index (χ1) is 13.3. The summed E-state index contributed by atoms with van der Waals surface area (Å²) in [5.74, 6) is -0.540. The first-order valence-corrected chi connectivity index (χ1v) is 9.78. The van der Waals surface area contributed by atoms with Crippen LogP contribution in [0.15, 0.2) is 24.3 Å². The van der Waals surface area contributed by atoms with Crippen LogP contribution in [0.5, 0.6) is 5.75 Å². The molecule has 0 aliphatic carbocycles. The van der Waals surface area contributed by atoms with Crippen molar-refractivity contribution in [3.8, 4) is 5.75 Å². The van der Waals surface area contributed by atoms with E-state index in [-0.39, 0.29) is 36.9 Å². The van der Waals surface area contributed by atoms with Crippen LogP contribution in [0.4, 0.5) is 0 Å². The minimum Gasteiger partial charge on any atom is -0.496 e. The number of amides is 2. The van der Waals surface area contributed by atoms with Gasteiger partial charge in [0.05, 0.1) is 19.1 Å². The van der Waals surface area contributed by atoms with Crippen LogP contribution in [0, 0.1) is 0 Å². The molecule has 7 heteroatoms. The monoisotopic (exact) mass is 390 g/mol. The van der Waals surface area contributed by atoms with Crippen molar-refractivity contribution in [2.45, 2.75) is 64.6 Å². The number of likely N-dealkylation sites (tertiary alicyclic amines) is 1. The fraction of sp³-hybridized carbons (Fsp3) is 0.571. The van der Waals surface area contributed by atoms with Crippen molar-refractivity contribution in [2.24, 2.45) is 0 Å². The number of benzene rings is 1. The minimum absolute atomic E-state index is 0.0103. The van der Waals surface area contributed by atoms with Gasteiger partial charge in [-0.25, -0.2) is 0 Å². The lowest BCUT2D eigenvalue weighted by Gasteiger charge is -2.40. The predicted molar refractivity (Wildman–Crippen MR) is 105 cm³/mol. The van der Waals surface area contributed by atoms with E-state index in [0.717, 1.165) is 19.3 Å². The molecule has 7 nitrogen and oxygen atoms in total. The van der Waals surface area contributed by atoms with Crippen molar-refractivity contribution in [3.63, 3.8) is 0 Å². The van der Waals surface area contributed by atoms with Crippen LogP contribution in [-0.4, -0.2) is 54.5 Å². The standard InChI is InChI=1S/C21H30N2O5/c1-14-8-7-9-15(2)23(14)21(26)16(3)28-19(24)12-13-22-20(25)17-10-5-6-11-18(17)27-4/h5-6,10-11,14-16H,7-9,12-13H2,1-4H3,(H,22,25)/t14-,15-,16+/m0/s1. The topological polar surface area (TPSA) is 84.9 Å². The highest BCUT2D eigenvalue weighted by Gasteiger charge is 2.33. The molecule has 0 spiro atoms. The molecule has 1 heterocycles. The molecular formula is C21H30N2O5. The number of ether oxygens (including phenoxy) is 2. The van der Waals surface area contributed by atoms with Crippen LogP contribution >= 0.6 is 0 Å². The average molecular weight is 390 g/mol. The first-order valence-electron chi connectivity index (χ1n) is 9.78. The fourth-order valence-electron chi connectivity index (χ4n) is 3.58. The number of nitrogens with one attached hydrogen (secondary N) is 1. The Morgan fingerprint density at radius 1 is 1.18 bits per heavy atom. The molecule has 1 fully saturated rings. The van der Waals surface area contributed by atoms with Crippen molar-refractivity contribution in [1.82, 2.24) is 10.2 Å². The normalized spacial score (nSPS) is 20.2. The number of nitrogens with zero attached hydrogens (tertiary/aromatic N) is 1. The van der Waals surface area contributed by atoms with E-state index in [4.69, 9.17) is 9.47 Å². The van der Waals surface area contributed by atoms with Gasteiger partial charge in [0.2, 0.25) is 0 Å². The molecule has 0 unspecified atom stereocenters. The summed E-state index contributed by atoms with van der Waals surface area (Å²) in [5.41, 5.74) is 0.398. The number of carbonyl (C=O) groups is 3. The molecule has 0 bridgehead atoms. The van der Waals surface area contributed by atoms with E-state index >= 15 is 0 Å². The highest BCUT2D eigenvalue weighted by Crippen LogP contribution is 2.23. The van der Waals surface area contributed by atoms with E-state index in [1.54, 1.807) is 31.2 Å². The summed E-state index contributed by atoms with van der Waals surface area (Å²) in [5, 5.41) is 2.67. The maximum Gasteiger partial charge on any atom is 0.308 e. The van der Waals surface area contributed by atoms with E-state index in [1.807, 2.05) is 18.7 Å². The molecular weight excluding hydrogens is 360 g/mol. The zero-order valence-electron chi connectivity index (χ0n) is 17.1. The Kier molecular flexibility index (Phi) is 7.84.